The molecule has 0 fully saturated rings. The second-order valence-corrected chi connectivity index (χ2v) is 7.49. The van der Waals surface area contributed by atoms with Crippen molar-refractivity contribution in [3.63, 3.8) is 0 Å². The maximum absolute atomic E-state index is 13.5. The summed E-state index contributed by atoms with van der Waals surface area (Å²) < 4.78 is 12.5. The SMILES string of the molecule is COc1cc(C(=O)c2c(C)c(C(=O)O)c3c(OCc4ccccc4)cccn23)ccc1[N+](=O)[O-]. The molecule has 2 aromatic carbocycles. The number of pyridine rings is 1. The number of rotatable bonds is 8. The number of hydrogen-bond acceptors (Lipinski definition) is 6. The van der Waals surface area contributed by atoms with Crippen LogP contribution in [0.15, 0.2) is 66.9 Å². The average molecular weight is 460 g/mol. The number of nitro groups is 1. The van der Waals surface area contributed by atoms with Crippen molar-refractivity contribution in [3.8, 4) is 11.5 Å². The van der Waals surface area contributed by atoms with Gasteiger partial charge in [0.25, 0.3) is 0 Å². The van der Waals surface area contributed by atoms with Gasteiger partial charge in [0.1, 0.15) is 17.9 Å². The van der Waals surface area contributed by atoms with E-state index >= 15 is 0 Å². The molecule has 172 valence electrons. The molecule has 0 aliphatic carbocycles. The normalized spacial score (nSPS) is 10.8. The summed E-state index contributed by atoms with van der Waals surface area (Å²) in [4.78, 5) is 36.2. The molecule has 2 heterocycles. The maximum Gasteiger partial charge on any atom is 0.338 e. The molecule has 4 aromatic rings. The molecule has 0 aliphatic heterocycles. The van der Waals surface area contributed by atoms with E-state index in [1.807, 2.05) is 30.3 Å². The van der Waals surface area contributed by atoms with E-state index in [0.717, 1.165) is 5.56 Å². The zero-order valence-corrected chi connectivity index (χ0v) is 18.3. The molecule has 34 heavy (non-hydrogen) atoms. The summed E-state index contributed by atoms with van der Waals surface area (Å²) in [5.41, 5.74) is 1.32. The minimum absolute atomic E-state index is 0.0547. The highest BCUT2D eigenvalue weighted by atomic mass is 16.6. The van der Waals surface area contributed by atoms with Crippen LogP contribution in [0.5, 0.6) is 11.5 Å². The Labute approximate surface area is 193 Å². The maximum atomic E-state index is 13.5. The predicted octanol–water partition coefficient (Wildman–Crippen LogP) is 4.67. The Morgan fingerprint density at radius 2 is 1.79 bits per heavy atom. The molecule has 0 spiro atoms. The molecule has 0 saturated carbocycles. The second kappa shape index (κ2) is 9.07. The van der Waals surface area contributed by atoms with Crippen LogP contribution < -0.4 is 9.47 Å². The van der Waals surface area contributed by atoms with Crippen molar-refractivity contribution in [2.75, 3.05) is 7.11 Å². The van der Waals surface area contributed by atoms with Crippen molar-refractivity contribution < 1.29 is 29.1 Å². The predicted molar refractivity (Wildman–Crippen MR) is 123 cm³/mol. The quantitative estimate of drug-likeness (QED) is 0.230. The Bertz CT molecular complexity index is 1420. The van der Waals surface area contributed by atoms with Crippen molar-refractivity contribution in [2.45, 2.75) is 13.5 Å². The number of aromatic nitrogens is 1. The van der Waals surface area contributed by atoms with E-state index in [4.69, 9.17) is 9.47 Å². The van der Waals surface area contributed by atoms with E-state index in [0.29, 0.717) is 5.75 Å². The van der Waals surface area contributed by atoms with Crippen molar-refractivity contribution in [1.82, 2.24) is 4.40 Å². The number of nitrogens with zero attached hydrogens (tertiary/aromatic N) is 2. The van der Waals surface area contributed by atoms with E-state index < -0.39 is 16.7 Å². The number of aromatic carboxylic acids is 1. The van der Waals surface area contributed by atoms with Crippen molar-refractivity contribution in [3.05, 3.63) is 105 Å². The zero-order chi connectivity index (χ0) is 24.4. The average Bonchev–Trinajstić information content (AvgIpc) is 3.14. The lowest BCUT2D eigenvalue weighted by Crippen LogP contribution is -2.08. The fraction of sp³-hybridized carbons (Fsp3) is 0.120. The number of carbonyl (C=O) groups excluding carboxylic acids is 1. The van der Waals surface area contributed by atoms with Gasteiger partial charge in [-0.05, 0) is 42.3 Å². The topological polar surface area (TPSA) is 120 Å². The fourth-order valence-electron chi connectivity index (χ4n) is 3.89. The lowest BCUT2D eigenvalue weighted by atomic mass is 10.0. The van der Waals surface area contributed by atoms with Gasteiger partial charge in [-0.25, -0.2) is 4.79 Å². The Hall–Kier alpha value is -4.66. The number of benzene rings is 2. The number of carbonyl (C=O) groups is 2. The van der Waals surface area contributed by atoms with E-state index in [9.17, 15) is 24.8 Å². The minimum Gasteiger partial charge on any atom is -0.490 e. The number of nitro benzene ring substituents is 1. The summed E-state index contributed by atoms with van der Waals surface area (Å²) in [6, 6.07) is 16.5. The molecule has 0 saturated heterocycles. The molecule has 0 radical (unpaired) electrons. The van der Waals surface area contributed by atoms with Gasteiger partial charge in [0.15, 0.2) is 5.75 Å². The summed E-state index contributed by atoms with van der Waals surface area (Å²) in [6.07, 6.45) is 1.58. The van der Waals surface area contributed by atoms with Crippen LogP contribution in [-0.4, -0.2) is 33.3 Å². The second-order valence-electron chi connectivity index (χ2n) is 7.49. The van der Waals surface area contributed by atoms with Crippen LogP contribution in [0.3, 0.4) is 0 Å². The third-order valence-corrected chi connectivity index (χ3v) is 5.47. The van der Waals surface area contributed by atoms with E-state index in [-0.39, 0.29) is 45.9 Å². The summed E-state index contributed by atoms with van der Waals surface area (Å²) in [5.74, 6) is -1.47. The summed E-state index contributed by atoms with van der Waals surface area (Å²) in [5, 5.41) is 21.1. The van der Waals surface area contributed by atoms with E-state index in [2.05, 4.69) is 0 Å². The molecular formula is C25H20N2O7. The van der Waals surface area contributed by atoms with Crippen molar-refractivity contribution in [2.24, 2.45) is 0 Å². The van der Waals surface area contributed by atoms with Gasteiger partial charge in [-0.2, -0.15) is 0 Å². The third-order valence-electron chi connectivity index (χ3n) is 5.47. The van der Waals surface area contributed by atoms with Crippen LogP contribution in [-0.2, 0) is 6.61 Å². The molecule has 4 rings (SSSR count). The first kappa shape index (κ1) is 22.5. The molecule has 0 unspecified atom stereocenters. The number of carboxylic acids is 1. The molecule has 0 amide bonds. The van der Waals surface area contributed by atoms with Crippen LogP contribution in [0.1, 0.15) is 37.5 Å². The first-order valence-electron chi connectivity index (χ1n) is 10.2. The zero-order valence-electron chi connectivity index (χ0n) is 18.3. The number of carboxylic acid groups (broad SMARTS) is 1. The van der Waals surface area contributed by atoms with Gasteiger partial charge >= 0.3 is 11.7 Å². The van der Waals surface area contributed by atoms with Crippen LogP contribution >= 0.6 is 0 Å². The van der Waals surface area contributed by atoms with Gasteiger partial charge < -0.3 is 19.0 Å². The van der Waals surface area contributed by atoms with Gasteiger partial charge in [0.05, 0.1) is 23.3 Å². The number of fused-ring (bicyclic) bond motifs is 1. The summed E-state index contributed by atoms with van der Waals surface area (Å²) in [7, 11) is 1.27. The Balaban J connectivity index is 1.84. The third kappa shape index (κ3) is 3.95. The van der Waals surface area contributed by atoms with Crippen LogP contribution in [0.2, 0.25) is 0 Å². The fourth-order valence-corrected chi connectivity index (χ4v) is 3.89. The monoisotopic (exact) mass is 460 g/mol. The Kier molecular flexibility index (Phi) is 6.01. The Morgan fingerprint density at radius 1 is 1.06 bits per heavy atom. The Morgan fingerprint density at radius 3 is 2.44 bits per heavy atom. The molecule has 0 aliphatic rings. The van der Waals surface area contributed by atoms with Gasteiger partial charge in [-0.3, -0.25) is 14.9 Å². The smallest absolute Gasteiger partial charge is 0.338 e. The lowest BCUT2D eigenvalue weighted by Gasteiger charge is -2.10. The van der Waals surface area contributed by atoms with Gasteiger partial charge in [0, 0.05) is 17.8 Å². The number of methoxy groups -OCH3 is 1. The van der Waals surface area contributed by atoms with Crippen LogP contribution in [0, 0.1) is 17.0 Å². The number of ketones is 1. The highest BCUT2D eigenvalue weighted by Gasteiger charge is 2.28. The molecule has 0 atom stereocenters. The van der Waals surface area contributed by atoms with Crippen LogP contribution in [0.25, 0.3) is 5.52 Å². The molecule has 9 nitrogen and oxygen atoms in total. The highest BCUT2D eigenvalue weighted by Crippen LogP contribution is 2.34. The van der Waals surface area contributed by atoms with Gasteiger partial charge in [-0.15, -0.1) is 0 Å². The molecule has 1 N–H and O–H groups in total. The van der Waals surface area contributed by atoms with E-state index in [1.165, 1.54) is 29.7 Å². The number of ether oxygens (including phenoxy) is 2. The summed E-state index contributed by atoms with van der Waals surface area (Å²) >= 11 is 0. The van der Waals surface area contributed by atoms with Crippen molar-refractivity contribution >= 4 is 23.0 Å². The summed E-state index contributed by atoms with van der Waals surface area (Å²) in [6.45, 7) is 1.76. The standard InChI is InChI=1S/C25H20N2O7/c1-15-21(25(29)30)23-19(34-14-16-7-4-3-5-8-16)9-6-12-26(23)22(15)24(28)17-10-11-18(27(31)32)20(13-17)33-2/h3-13H,14H2,1-2H3,(H,29,30). The molecule has 2 aromatic heterocycles. The lowest BCUT2D eigenvalue weighted by molar-refractivity contribution is -0.385. The first-order chi connectivity index (χ1) is 16.3. The van der Waals surface area contributed by atoms with E-state index in [1.54, 1.807) is 25.3 Å². The highest BCUT2D eigenvalue weighted by molar-refractivity contribution is 6.13. The van der Waals surface area contributed by atoms with Gasteiger partial charge in [0.2, 0.25) is 5.78 Å². The molecule has 0 bridgehead atoms. The van der Waals surface area contributed by atoms with Crippen LogP contribution in [0.4, 0.5) is 5.69 Å². The molecular weight excluding hydrogens is 440 g/mol. The largest absolute Gasteiger partial charge is 0.490 e. The number of hydrogen-bond donors (Lipinski definition) is 1. The van der Waals surface area contributed by atoms with Gasteiger partial charge in [-0.1, -0.05) is 30.3 Å². The molecule has 9 heteroatoms. The minimum atomic E-state index is -1.20. The van der Waals surface area contributed by atoms with Crippen molar-refractivity contribution in [1.29, 1.82) is 0 Å². The first-order valence-corrected chi connectivity index (χ1v) is 10.2.